The van der Waals surface area contributed by atoms with Crippen LogP contribution in [0.5, 0.6) is 0 Å². The van der Waals surface area contributed by atoms with Crippen LogP contribution in [-0.2, 0) is 10.0 Å². The average Bonchev–Trinajstić information content (AvgIpc) is 1.76. The zero-order chi connectivity index (χ0) is 9.83. The summed E-state index contributed by atoms with van der Waals surface area (Å²) in [4.78, 5) is 0. The van der Waals surface area contributed by atoms with Crippen molar-refractivity contribution in [2.24, 2.45) is 5.14 Å². The molecule has 0 atom stereocenters. The van der Waals surface area contributed by atoms with Crippen LogP contribution in [0, 0.1) is 0 Å². The number of nitrogens with one attached hydrogen (secondary N) is 1. The molecule has 0 bridgehead atoms. The van der Waals surface area contributed by atoms with Gasteiger partial charge in [0.1, 0.15) is 0 Å². The van der Waals surface area contributed by atoms with Crippen LogP contribution >= 0.6 is 0 Å². The van der Waals surface area contributed by atoms with Crippen molar-refractivity contribution in [3.8, 4) is 0 Å². The maximum absolute atomic E-state index is 10.4. The monoisotopic (exact) mass is 196 g/mol. The van der Waals surface area contributed by atoms with Crippen LogP contribution in [0.15, 0.2) is 0 Å². The van der Waals surface area contributed by atoms with Gasteiger partial charge in [-0.05, 0) is 13.8 Å². The standard InChI is InChI=1S/C6H16N2O3S/c1-6(2,9)5-8-3-4-12(7,10)11/h8-9H,3-5H2,1-2H3,(H2,7,10,11). The lowest BCUT2D eigenvalue weighted by atomic mass is 10.1. The summed E-state index contributed by atoms with van der Waals surface area (Å²) < 4.78 is 20.9. The molecule has 0 heterocycles. The quantitative estimate of drug-likeness (QED) is 0.473. The molecule has 0 unspecified atom stereocenters. The molecule has 0 aliphatic rings. The molecule has 0 aromatic rings. The lowest BCUT2D eigenvalue weighted by molar-refractivity contribution is 0.0805. The van der Waals surface area contributed by atoms with Gasteiger partial charge in [0.2, 0.25) is 10.0 Å². The summed E-state index contributed by atoms with van der Waals surface area (Å²) in [5, 5.41) is 16.7. The second kappa shape index (κ2) is 4.18. The average molecular weight is 196 g/mol. The molecule has 6 heteroatoms. The molecule has 0 saturated carbocycles. The van der Waals surface area contributed by atoms with Gasteiger partial charge in [0.15, 0.2) is 0 Å². The topological polar surface area (TPSA) is 92.4 Å². The molecule has 0 rings (SSSR count). The molecule has 0 spiro atoms. The molecular weight excluding hydrogens is 180 g/mol. The Bertz CT molecular complexity index is 217. The first-order valence-electron chi connectivity index (χ1n) is 3.64. The molecule has 0 aromatic carbocycles. The van der Waals surface area contributed by atoms with Crippen LogP contribution in [0.25, 0.3) is 0 Å². The fourth-order valence-electron chi connectivity index (χ4n) is 0.609. The molecule has 0 saturated heterocycles. The third-order valence-corrected chi connectivity index (χ3v) is 1.89. The Hall–Kier alpha value is -0.170. The zero-order valence-corrected chi connectivity index (χ0v) is 8.19. The van der Waals surface area contributed by atoms with Gasteiger partial charge in [0, 0.05) is 13.1 Å². The zero-order valence-electron chi connectivity index (χ0n) is 7.37. The van der Waals surface area contributed by atoms with E-state index in [1.165, 1.54) is 0 Å². The fourth-order valence-corrected chi connectivity index (χ4v) is 1.04. The number of hydrogen-bond donors (Lipinski definition) is 3. The van der Waals surface area contributed by atoms with Crippen molar-refractivity contribution in [2.45, 2.75) is 19.4 Å². The number of primary sulfonamides is 1. The van der Waals surface area contributed by atoms with Crippen molar-refractivity contribution in [1.82, 2.24) is 5.32 Å². The highest BCUT2D eigenvalue weighted by molar-refractivity contribution is 7.89. The molecule has 0 aliphatic heterocycles. The van der Waals surface area contributed by atoms with Gasteiger partial charge >= 0.3 is 0 Å². The molecule has 0 aliphatic carbocycles. The number of aliphatic hydroxyl groups is 1. The molecule has 4 N–H and O–H groups in total. The largest absolute Gasteiger partial charge is 0.389 e. The van der Waals surface area contributed by atoms with Gasteiger partial charge in [-0.2, -0.15) is 0 Å². The second-order valence-electron chi connectivity index (χ2n) is 3.36. The van der Waals surface area contributed by atoms with Crippen LogP contribution in [0.4, 0.5) is 0 Å². The predicted octanol–water partition coefficient (Wildman–Crippen LogP) is -1.36. The Morgan fingerprint density at radius 2 is 2.00 bits per heavy atom. The second-order valence-corrected chi connectivity index (χ2v) is 5.09. The summed E-state index contributed by atoms with van der Waals surface area (Å²) in [6.07, 6.45) is 0. The molecule has 12 heavy (non-hydrogen) atoms. The molecule has 0 radical (unpaired) electrons. The summed E-state index contributed by atoms with van der Waals surface area (Å²) in [6.45, 7) is 3.89. The predicted molar refractivity (Wildman–Crippen MR) is 47.1 cm³/mol. The van der Waals surface area contributed by atoms with Crippen molar-refractivity contribution in [1.29, 1.82) is 0 Å². The van der Waals surface area contributed by atoms with Crippen molar-refractivity contribution >= 4 is 10.0 Å². The normalized spacial score (nSPS) is 13.3. The summed E-state index contributed by atoms with van der Waals surface area (Å²) in [5.41, 5.74) is -0.821. The molecule has 74 valence electrons. The minimum atomic E-state index is -3.39. The van der Waals surface area contributed by atoms with Crippen molar-refractivity contribution in [3.63, 3.8) is 0 Å². The number of sulfonamides is 1. The Balaban J connectivity index is 3.48. The first-order chi connectivity index (χ1) is 5.21. The molecule has 0 amide bonds. The maximum Gasteiger partial charge on any atom is 0.210 e. The lowest BCUT2D eigenvalue weighted by Gasteiger charge is -2.17. The van der Waals surface area contributed by atoms with Crippen LogP contribution < -0.4 is 10.5 Å². The highest BCUT2D eigenvalue weighted by atomic mass is 32.2. The van der Waals surface area contributed by atoms with E-state index < -0.39 is 15.6 Å². The Labute approximate surface area is 73.0 Å². The number of nitrogens with two attached hydrogens (primary N) is 1. The van der Waals surface area contributed by atoms with E-state index in [9.17, 15) is 13.5 Å². The number of rotatable bonds is 5. The van der Waals surface area contributed by atoms with Gasteiger partial charge in [0.05, 0.1) is 11.4 Å². The summed E-state index contributed by atoms with van der Waals surface area (Å²) in [7, 11) is -3.39. The highest BCUT2D eigenvalue weighted by Crippen LogP contribution is 1.96. The minimum Gasteiger partial charge on any atom is -0.389 e. The third-order valence-electron chi connectivity index (χ3n) is 1.12. The van der Waals surface area contributed by atoms with E-state index >= 15 is 0 Å². The van der Waals surface area contributed by atoms with Crippen molar-refractivity contribution < 1.29 is 13.5 Å². The van der Waals surface area contributed by atoms with E-state index in [1.54, 1.807) is 13.8 Å². The smallest absolute Gasteiger partial charge is 0.210 e. The van der Waals surface area contributed by atoms with E-state index in [-0.39, 0.29) is 12.3 Å². The summed E-state index contributed by atoms with van der Waals surface area (Å²) in [6, 6.07) is 0. The van der Waals surface area contributed by atoms with E-state index in [4.69, 9.17) is 5.14 Å². The van der Waals surface area contributed by atoms with Crippen LogP contribution in [0.1, 0.15) is 13.8 Å². The highest BCUT2D eigenvalue weighted by Gasteiger charge is 2.11. The first kappa shape index (κ1) is 11.8. The van der Waals surface area contributed by atoms with Gasteiger partial charge in [-0.3, -0.25) is 0 Å². The van der Waals surface area contributed by atoms with Crippen LogP contribution in [0.2, 0.25) is 0 Å². The van der Waals surface area contributed by atoms with Gasteiger partial charge in [-0.15, -0.1) is 0 Å². The SMILES string of the molecule is CC(C)(O)CNCCS(N)(=O)=O. The summed E-state index contributed by atoms with van der Waals surface area (Å²) >= 11 is 0. The lowest BCUT2D eigenvalue weighted by Crippen LogP contribution is -2.37. The Morgan fingerprint density at radius 3 is 2.33 bits per heavy atom. The van der Waals surface area contributed by atoms with E-state index in [1.807, 2.05) is 0 Å². The molecular formula is C6H16N2O3S. The fraction of sp³-hybridized carbons (Fsp3) is 1.00. The van der Waals surface area contributed by atoms with Gasteiger partial charge in [-0.1, -0.05) is 0 Å². The van der Waals surface area contributed by atoms with E-state index in [2.05, 4.69) is 5.32 Å². The van der Waals surface area contributed by atoms with Gasteiger partial charge in [0.25, 0.3) is 0 Å². The third kappa shape index (κ3) is 9.83. The van der Waals surface area contributed by atoms with Crippen molar-refractivity contribution in [3.05, 3.63) is 0 Å². The summed E-state index contributed by atoms with van der Waals surface area (Å²) in [5.74, 6) is -0.108. The first-order valence-corrected chi connectivity index (χ1v) is 5.36. The van der Waals surface area contributed by atoms with Crippen LogP contribution in [-0.4, -0.2) is 38.0 Å². The molecule has 0 fully saturated rings. The van der Waals surface area contributed by atoms with E-state index in [0.29, 0.717) is 6.54 Å². The maximum atomic E-state index is 10.4. The van der Waals surface area contributed by atoms with Gasteiger partial charge in [-0.25, -0.2) is 13.6 Å². The van der Waals surface area contributed by atoms with E-state index in [0.717, 1.165) is 0 Å². The number of hydrogen-bond acceptors (Lipinski definition) is 4. The minimum absolute atomic E-state index is 0.108. The Morgan fingerprint density at radius 1 is 1.50 bits per heavy atom. The Kier molecular flexibility index (Phi) is 4.12. The molecule has 0 aromatic heterocycles. The van der Waals surface area contributed by atoms with Crippen molar-refractivity contribution in [2.75, 3.05) is 18.8 Å². The van der Waals surface area contributed by atoms with Gasteiger partial charge < -0.3 is 10.4 Å². The van der Waals surface area contributed by atoms with Crippen LogP contribution in [0.3, 0.4) is 0 Å². The molecule has 5 nitrogen and oxygen atoms in total.